The minimum atomic E-state index is -0.249. The lowest BCUT2D eigenvalue weighted by Crippen LogP contribution is -2.09. The molecule has 3 nitrogen and oxygen atoms in total. The van der Waals surface area contributed by atoms with E-state index in [2.05, 4.69) is 5.32 Å². The minimum Gasteiger partial charge on any atom is -0.462 e. The SMILES string of the molecule is CCCOC(=O)C(C)=CNC. The molecule has 0 aromatic heterocycles. The van der Waals surface area contributed by atoms with Crippen LogP contribution in [0.15, 0.2) is 11.8 Å². The van der Waals surface area contributed by atoms with Gasteiger partial charge in [-0.2, -0.15) is 0 Å². The van der Waals surface area contributed by atoms with Crippen LogP contribution in [-0.2, 0) is 9.53 Å². The normalized spacial score (nSPS) is 11.0. The van der Waals surface area contributed by atoms with Crippen LogP contribution >= 0.6 is 0 Å². The number of ether oxygens (including phenoxy) is 1. The van der Waals surface area contributed by atoms with Crippen molar-refractivity contribution < 1.29 is 9.53 Å². The fraction of sp³-hybridized carbons (Fsp3) is 0.625. The third-order valence-electron chi connectivity index (χ3n) is 1.12. The zero-order valence-corrected chi connectivity index (χ0v) is 7.31. The molecule has 0 unspecified atom stereocenters. The van der Waals surface area contributed by atoms with Crippen LogP contribution < -0.4 is 5.32 Å². The molecular weight excluding hydrogens is 142 g/mol. The Bertz CT molecular complexity index is 152. The van der Waals surface area contributed by atoms with Crippen LogP contribution in [0.1, 0.15) is 20.3 Å². The Kier molecular flexibility index (Phi) is 5.25. The topological polar surface area (TPSA) is 38.3 Å². The zero-order valence-electron chi connectivity index (χ0n) is 7.31. The molecule has 0 radical (unpaired) electrons. The Balaban J connectivity index is 3.73. The largest absolute Gasteiger partial charge is 0.462 e. The van der Waals surface area contributed by atoms with Crippen LogP contribution in [0, 0.1) is 0 Å². The van der Waals surface area contributed by atoms with Crippen LogP contribution in [-0.4, -0.2) is 19.6 Å². The van der Waals surface area contributed by atoms with Crippen molar-refractivity contribution in [1.29, 1.82) is 0 Å². The first kappa shape index (κ1) is 10.0. The van der Waals surface area contributed by atoms with Gasteiger partial charge < -0.3 is 10.1 Å². The summed E-state index contributed by atoms with van der Waals surface area (Å²) in [6.07, 6.45) is 2.48. The third-order valence-corrected chi connectivity index (χ3v) is 1.12. The summed E-state index contributed by atoms with van der Waals surface area (Å²) < 4.78 is 4.86. The second-order valence-corrected chi connectivity index (χ2v) is 2.25. The zero-order chi connectivity index (χ0) is 8.69. The van der Waals surface area contributed by atoms with Gasteiger partial charge in [0, 0.05) is 18.8 Å². The number of carbonyl (C=O) groups excluding carboxylic acids is 1. The molecule has 0 aliphatic carbocycles. The van der Waals surface area contributed by atoms with Gasteiger partial charge in [-0.25, -0.2) is 4.79 Å². The molecule has 0 aliphatic rings. The van der Waals surface area contributed by atoms with Gasteiger partial charge in [-0.05, 0) is 13.3 Å². The molecular formula is C8H15NO2. The summed E-state index contributed by atoms with van der Waals surface area (Å²) in [6, 6.07) is 0. The van der Waals surface area contributed by atoms with Crippen molar-refractivity contribution in [2.24, 2.45) is 0 Å². The summed E-state index contributed by atoms with van der Waals surface area (Å²) in [7, 11) is 1.75. The summed E-state index contributed by atoms with van der Waals surface area (Å²) in [6.45, 7) is 4.17. The van der Waals surface area contributed by atoms with Gasteiger partial charge in [0.05, 0.1) is 6.61 Å². The monoisotopic (exact) mass is 157 g/mol. The molecule has 0 aromatic rings. The Morgan fingerprint density at radius 2 is 2.27 bits per heavy atom. The standard InChI is InChI=1S/C8H15NO2/c1-4-5-11-8(10)7(2)6-9-3/h6,9H,4-5H2,1-3H3. The molecule has 0 aliphatic heterocycles. The van der Waals surface area contributed by atoms with E-state index < -0.39 is 0 Å². The molecule has 11 heavy (non-hydrogen) atoms. The van der Waals surface area contributed by atoms with Gasteiger partial charge in [0.1, 0.15) is 0 Å². The smallest absolute Gasteiger partial charge is 0.335 e. The fourth-order valence-electron chi connectivity index (χ4n) is 0.584. The average Bonchev–Trinajstić information content (AvgIpc) is 2.00. The highest BCUT2D eigenvalue weighted by atomic mass is 16.5. The van der Waals surface area contributed by atoms with Gasteiger partial charge in [0.2, 0.25) is 0 Å². The first-order valence-electron chi connectivity index (χ1n) is 3.73. The number of hydrogen-bond donors (Lipinski definition) is 1. The molecule has 0 heterocycles. The van der Waals surface area contributed by atoms with E-state index in [1.807, 2.05) is 6.92 Å². The van der Waals surface area contributed by atoms with Crippen molar-refractivity contribution in [2.75, 3.05) is 13.7 Å². The van der Waals surface area contributed by atoms with Crippen LogP contribution in [0.2, 0.25) is 0 Å². The summed E-state index contributed by atoms with van der Waals surface area (Å²) >= 11 is 0. The van der Waals surface area contributed by atoms with Gasteiger partial charge in [-0.15, -0.1) is 0 Å². The second kappa shape index (κ2) is 5.77. The van der Waals surface area contributed by atoms with Crippen molar-refractivity contribution in [3.63, 3.8) is 0 Å². The maximum atomic E-state index is 11.0. The number of carbonyl (C=O) groups is 1. The van der Waals surface area contributed by atoms with E-state index in [-0.39, 0.29) is 5.97 Å². The van der Waals surface area contributed by atoms with E-state index in [1.165, 1.54) is 0 Å². The molecule has 1 N–H and O–H groups in total. The molecule has 0 aromatic carbocycles. The minimum absolute atomic E-state index is 0.249. The van der Waals surface area contributed by atoms with E-state index in [9.17, 15) is 4.79 Å². The van der Waals surface area contributed by atoms with Gasteiger partial charge in [0.25, 0.3) is 0 Å². The quantitative estimate of drug-likeness (QED) is 0.490. The first-order chi connectivity index (χ1) is 5.22. The first-order valence-corrected chi connectivity index (χ1v) is 3.73. The molecule has 0 spiro atoms. The fourth-order valence-corrected chi connectivity index (χ4v) is 0.584. The van der Waals surface area contributed by atoms with Crippen LogP contribution in [0.5, 0.6) is 0 Å². The average molecular weight is 157 g/mol. The molecule has 0 saturated carbocycles. The van der Waals surface area contributed by atoms with Gasteiger partial charge >= 0.3 is 5.97 Å². The maximum absolute atomic E-state index is 11.0. The number of rotatable bonds is 4. The van der Waals surface area contributed by atoms with E-state index in [0.717, 1.165) is 6.42 Å². The van der Waals surface area contributed by atoms with Gasteiger partial charge in [-0.1, -0.05) is 6.92 Å². The molecule has 0 atom stereocenters. The summed E-state index contributed by atoms with van der Waals surface area (Å²) in [4.78, 5) is 11.0. The van der Waals surface area contributed by atoms with Crippen molar-refractivity contribution in [3.05, 3.63) is 11.8 Å². The lowest BCUT2D eigenvalue weighted by atomic mass is 10.3. The van der Waals surface area contributed by atoms with Gasteiger partial charge in [0.15, 0.2) is 0 Å². The van der Waals surface area contributed by atoms with Crippen LogP contribution in [0.4, 0.5) is 0 Å². The predicted octanol–water partition coefficient (Wildman–Crippen LogP) is 1.06. The molecule has 3 heteroatoms. The maximum Gasteiger partial charge on any atom is 0.335 e. The van der Waals surface area contributed by atoms with Crippen molar-refractivity contribution >= 4 is 5.97 Å². The molecule has 0 amide bonds. The van der Waals surface area contributed by atoms with Gasteiger partial charge in [-0.3, -0.25) is 0 Å². The van der Waals surface area contributed by atoms with E-state index in [0.29, 0.717) is 12.2 Å². The second-order valence-electron chi connectivity index (χ2n) is 2.25. The van der Waals surface area contributed by atoms with E-state index in [1.54, 1.807) is 20.2 Å². The third kappa shape index (κ3) is 4.42. The van der Waals surface area contributed by atoms with Crippen molar-refractivity contribution in [1.82, 2.24) is 5.32 Å². The lowest BCUT2D eigenvalue weighted by molar-refractivity contribution is -0.139. The van der Waals surface area contributed by atoms with E-state index in [4.69, 9.17) is 4.74 Å². The number of nitrogens with one attached hydrogen (secondary N) is 1. The highest BCUT2D eigenvalue weighted by Gasteiger charge is 2.02. The Hall–Kier alpha value is -0.990. The molecule has 0 rings (SSSR count). The number of esters is 1. The molecule has 64 valence electrons. The van der Waals surface area contributed by atoms with E-state index >= 15 is 0 Å². The summed E-state index contributed by atoms with van der Waals surface area (Å²) in [5.41, 5.74) is 0.598. The van der Waals surface area contributed by atoms with Crippen LogP contribution in [0.25, 0.3) is 0 Å². The molecule has 0 fully saturated rings. The summed E-state index contributed by atoms with van der Waals surface area (Å²) in [5.74, 6) is -0.249. The summed E-state index contributed by atoms with van der Waals surface area (Å²) in [5, 5.41) is 2.76. The number of hydrogen-bond acceptors (Lipinski definition) is 3. The molecule has 0 bridgehead atoms. The molecule has 0 saturated heterocycles. The lowest BCUT2D eigenvalue weighted by Gasteiger charge is -2.01. The van der Waals surface area contributed by atoms with Crippen molar-refractivity contribution in [3.8, 4) is 0 Å². The van der Waals surface area contributed by atoms with Crippen molar-refractivity contribution in [2.45, 2.75) is 20.3 Å². The highest BCUT2D eigenvalue weighted by Crippen LogP contribution is 1.94. The Morgan fingerprint density at radius 3 is 2.73 bits per heavy atom. The predicted molar refractivity (Wildman–Crippen MR) is 44.1 cm³/mol. The Morgan fingerprint density at radius 1 is 1.64 bits per heavy atom. The highest BCUT2D eigenvalue weighted by molar-refractivity contribution is 5.87. The Labute approximate surface area is 67.4 Å². The van der Waals surface area contributed by atoms with Crippen LogP contribution in [0.3, 0.4) is 0 Å².